The van der Waals surface area contributed by atoms with E-state index < -0.39 is 40.2 Å². The zero-order chi connectivity index (χ0) is 28.7. The molecule has 0 aromatic heterocycles. The van der Waals surface area contributed by atoms with Gasteiger partial charge in [-0.15, -0.1) is 0 Å². The van der Waals surface area contributed by atoms with Crippen molar-refractivity contribution in [3.05, 3.63) is 83.7 Å². The molecule has 0 aliphatic carbocycles. The fraction of sp³-hybridized carbons (Fsp3) is 0.286. The lowest BCUT2D eigenvalue weighted by Gasteiger charge is -2.32. The Kier molecular flexibility index (Phi) is 9.52. The average Bonchev–Trinajstić information content (AvgIpc) is 2.94. The SMILES string of the molecule is CNC(=O)C(C)N(Cc1ccccc1F)C(=O)CN(c1cc(OC)ccc1OC)S(=O)(=O)c1ccc(C)cc1. The van der Waals surface area contributed by atoms with Gasteiger partial charge in [0, 0.05) is 25.2 Å². The van der Waals surface area contributed by atoms with Crippen LogP contribution in [0.5, 0.6) is 11.5 Å². The van der Waals surface area contributed by atoms with Crippen LogP contribution in [0.25, 0.3) is 0 Å². The number of rotatable bonds is 11. The molecule has 0 radical (unpaired) electrons. The molecule has 0 fully saturated rings. The van der Waals surface area contributed by atoms with Gasteiger partial charge in [0.15, 0.2) is 0 Å². The van der Waals surface area contributed by atoms with Crippen LogP contribution in [0.3, 0.4) is 0 Å². The number of carbonyl (C=O) groups excluding carboxylic acids is 2. The van der Waals surface area contributed by atoms with E-state index in [0.29, 0.717) is 5.75 Å². The van der Waals surface area contributed by atoms with Crippen LogP contribution in [0.1, 0.15) is 18.1 Å². The van der Waals surface area contributed by atoms with Crippen LogP contribution >= 0.6 is 0 Å². The molecule has 11 heteroatoms. The maximum Gasteiger partial charge on any atom is 0.264 e. The molecule has 0 saturated heterocycles. The van der Waals surface area contributed by atoms with Crippen LogP contribution in [-0.2, 0) is 26.2 Å². The standard InChI is InChI=1S/C28H32FN3O6S/c1-19-10-13-23(14-11-19)39(35,36)32(25-16-22(37-4)12-15-26(25)38-5)18-27(33)31(20(2)28(34)30-3)17-21-8-6-7-9-24(21)29/h6-16,20H,17-18H2,1-5H3,(H,30,34). The van der Waals surface area contributed by atoms with E-state index in [0.717, 1.165) is 14.8 Å². The number of ether oxygens (including phenoxy) is 2. The second kappa shape index (κ2) is 12.6. The second-order valence-electron chi connectivity index (χ2n) is 8.77. The van der Waals surface area contributed by atoms with E-state index in [4.69, 9.17) is 9.47 Å². The van der Waals surface area contributed by atoms with Gasteiger partial charge < -0.3 is 19.7 Å². The number of anilines is 1. The van der Waals surface area contributed by atoms with Crippen LogP contribution in [0.2, 0.25) is 0 Å². The number of benzene rings is 3. The van der Waals surface area contributed by atoms with E-state index in [1.165, 1.54) is 70.7 Å². The zero-order valence-corrected chi connectivity index (χ0v) is 23.3. The summed E-state index contributed by atoms with van der Waals surface area (Å²) in [6.07, 6.45) is 0. The number of amides is 2. The summed E-state index contributed by atoms with van der Waals surface area (Å²) in [4.78, 5) is 27.5. The van der Waals surface area contributed by atoms with Crippen molar-refractivity contribution in [2.75, 3.05) is 32.1 Å². The molecule has 0 heterocycles. The van der Waals surface area contributed by atoms with Crippen LogP contribution in [0, 0.1) is 12.7 Å². The largest absolute Gasteiger partial charge is 0.497 e. The van der Waals surface area contributed by atoms with Gasteiger partial charge in [-0.3, -0.25) is 13.9 Å². The molecule has 0 bridgehead atoms. The predicted molar refractivity (Wildman–Crippen MR) is 146 cm³/mol. The first-order valence-corrected chi connectivity index (χ1v) is 13.5. The molecular formula is C28H32FN3O6S. The number of sulfonamides is 1. The fourth-order valence-electron chi connectivity index (χ4n) is 3.94. The maximum atomic E-state index is 14.5. The molecule has 0 saturated carbocycles. The third-order valence-corrected chi connectivity index (χ3v) is 8.03. The summed E-state index contributed by atoms with van der Waals surface area (Å²) in [5.74, 6) is -1.26. The van der Waals surface area contributed by atoms with E-state index in [9.17, 15) is 22.4 Å². The van der Waals surface area contributed by atoms with Crippen molar-refractivity contribution in [3.63, 3.8) is 0 Å². The van der Waals surface area contributed by atoms with E-state index in [1.54, 1.807) is 24.3 Å². The van der Waals surface area contributed by atoms with E-state index >= 15 is 0 Å². The van der Waals surface area contributed by atoms with Gasteiger partial charge in [0.25, 0.3) is 10.0 Å². The van der Waals surface area contributed by atoms with Gasteiger partial charge in [0.1, 0.15) is 29.9 Å². The summed E-state index contributed by atoms with van der Waals surface area (Å²) in [7, 11) is -0.0931. The number of hydrogen-bond donors (Lipinski definition) is 1. The van der Waals surface area contributed by atoms with E-state index in [-0.39, 0.29) is 28.4 Å². The third kappa shape index (κ3) is 6.66. The van der Waals surface area contributed by atoms with Gasteiger partial charge in [-0.25, -0.2) is 12.8 Å². The minimum absolute atomic E-state index is 0.0502. The lowest BCUT2D eigenvalue weighted by Crippen LogP contribution is -2.50. The van der Waals surface area contributed by atoms with Crippen LogP contribution in [-0.4, -0.2) is 59.0 Å². The van der Waals surface area contributed by atoms with Crippen molar-refractivity contribution in [1.82, 2.24) is 10.2 Å². The van der Waals surface area contributed by atoms with Crippen molar-refractivity contribution in [3.8, 4) is 11.5 Å². The highest BCUT2D eigenvalue weighted by Crippen LogP contribution is 2.36. The lowest BCUT2D eigenvalue weighted by molar-refractivity contribution is -0.139. The van der Waals surface area contributed by atoms with E-state index in [1.807, 2.05) is 6.92 Å². The summed E-state index contributed by atoms with van der Waals surface area (Å²) in [6, 6.07) is 15.6. The number of likely N-dealkylation sites (N-methyl/N-ethyl adjacent to an activating group) is 1. The number of hydrogen-bond acceptors (Lipinski definition) is 6. The highest BCUT2D eigenvalue weighted by molar-refractivity contribution is 7.92. The minimum atomic E-state index is -4.31. The first-order chi connectivity index (χ1) is 18.5. The van der Waals surface area contributed by atoms with E-state index in [2.05, 4.69) is 5.32 Å². The summed E-state index contributed by atoms with van der Waals surface area (Å²) in [6.45, 7) is 2.36. The second-order valence-corrected chi connectivity index (χ2v) is 10.6. The number of aryl methyl sites for hydroxylation is 1. The molecule has 1 unspecified atom stereocenters. The first kappa shape index (κ1) is 29.4. The molecule has 39 heavy (non-hydrogen) atoms. The highest BCUT2D eigenvalue weighted by Gasteiger charge is 2.34. The molecular weight excluding hydrogens is 525 g/mol. The Morgan fingerprint density at radius 2 is 1.67 bits per heavy atom. The monoisotopic (exact) mass is 557 g/mol. The highest BCUT2D eigenvalue weighted by atomic mass is 32.2. The molecule has 208 valence electrons. The number of methoxy groups -OCH3 is 2. The Morgan fingerprint density at radius 3 is 2.26 bits per heavy atom. The van der Waals surface area contributed by atoms with Crippen molar-refractivity contribution >= 4 is 27.5 Å². The number of halogens is 1. The Morgan fingerprint density at radius 1 is 1.00 bits per heavy atom. The Balaban J connectivity index is 2.14. The van der Waals surface area contributed by atoms with Gasteiger partial charge in [-0.1, -0.05) is 35.9 Å². The molecule has 0 aliphatic heterocycles. The average molecular weight is 558 g/mol. The fourth-order valence-corrected chi connectivity index (χ4v) is 5.36. The molecule has 9 nitrogen and oxygen atoms in total. The molecule has 2 amide bonds. The first-order valence-electron chi connectivity index (χ1n) is 12.1. The molecule has 3 rings (SSSR count). The quantitative estimate of drug-likeness (QED) is 0.387. The van der Waals surface area contributed by atoms with Gasteiger partial charge >= 0.3 is 0 Å². The normalized spacial score (nSPS) is 11.8. The Hall–Kier alpha value is -4.12. The number of nitrogens with zero attached hydrogens (tertiary/aromatic N) is 2. The van der Waals surface area contributed by atoms with Gasteiger partial charge in [-0.05, 0) is 44.2 Å². The summed E-state index contributed by atoms with van der Waals surface area (Å²) in [5.41, 5.74) is 1.09. The smallest absolute Gasteiger partial charge is 0.264 e. The summed E-state index contributed by atoms with van der Waals surface area (Å²) < 4.78 is 54.1. The number of nitrogens with one attached hydrogen (secondary N) is 1. The summed E-state index contributed by atoms with van der Waals surface area (Å²) >= 11 is 0. The third-order valence-electron chi connectivity index (χ3n) is 6.25. The zero-order valence-electron chi connectivity index (χ0n) is 22.5. The molecule has 1 atom stereocenters. The van der Waals surface area contributed by atoms with Crippen LogP contribution in [0.15, 0.2) is 71.6 Å². The predicted octanol–water partition coefficient (Wildman–Crippen LogP) is 3.51. The van der Waals surface area contributed by atoms with Crippen molar-refractivity contribution in [2.45, 2.75) is 31.3 Å². The molecule has 3 aromatic rings. The Bertz CT molecular complexity index is 1430. The van der Waals surface area contributed by atoms with Gasteiger partial charge in [0.2, 0.25) is 11.8 Å². The minimum Gasteiger partial charge on any atom is -0.497 e. The molecule has 0 spiro atoms. The molecule has 1 N–H and O–H groups in total. The van der Waals surface area contributed by atoms with Crippen molar-refractivity contribution < 1.29 is 31.9 Å². The Labute approximate surface area is 228 Å². The van der Waals surface area contributed by atoms with Crippen LogP contribution < -0.4 is 19.1 Å². The summed E-state index contributed by atoms with van der Waals surface area (Å²) in [5, 5.41) is 2.49. The topological polar surface area (TPSA) is 105 Å². The number of carbonyl (C=O) groups is 2. The van der Waals surface area contributed by atoms with Crippen LogP contribution in [0.4, 0.5) is 10.1 Å². The van der Waals surface area contributed by atoms with Crippen molar-refractivity contribution in [1.29, 1.82) is 0 Å². The molecule has 0 aliphatic rings. The van der Waals surface area contributed by atoms with Crippen molar-refractivity contribution in [2.24, 2.45) is 0 Å². The maximum absolute atomic E-state index is 14.5. The molecule has 3 aromatic carbocycles. The van der Waals surface area contributed by atoms with Gasteiger partial charge in [0.05, 0.1) is 24.8 Å². The lowest BCUT2D eigenvalue weighted by atomic mass is 10.1. The van der Waals surface area contributed by atoms with Gasteiger partial charge in [-0.2, -0.15) is 0 Å².